The lowest BCUT2D eigenvalue weighted by Gasteiger charge is -1.85. The molecule has 0 unspecified atom stereocenters. The Balaban J connectivity index is 2.53. The molecule has 0 aliphatic rings. The van der Waals surface area contributed by atoms with Crippen molar-refractivity contribution < 1.29 is 4.52 Å². The number of nitrogens with one attached hydrogen (secondary N) is 1. The number of H-pyrrole nitrogens is 1. The van der Waals surface area contributed by atoms with E-state index in [4.69, 9.17) is 5.73 Å². The van der Waals surface area contributed by atoms with Crippen molar-refractivity contribution in [3.05, 3.63) is 12.6 Å². The van der Waals surface area contributed by atoms with Gasteiger partial charge >= 0.3 is 0 Å². The molecular weight excluding hydrogens is 146 g/mol. The molecule has 2 rings (SSSR count). The highest BCUT2D eigenvalue weighted by Crippen LogP contribution is 2.17. The van der Waals surface area contributed by atoms with Gasteiger partial charge in [-0.3, -0.25) is 5.10 Å². The van der Waals surface area contributed by atoms with E-state index in [1.807, 2.05) is 0 Å². The molecule has 0 aliphatic heterocycles. The van der Waals surface area contributed by atoms with Crippen LogP contribution in [-0.4, -0.2) is 20.3 Å². The van der Waals surface area contributed by atoms with E-state index in [9.17, 15) is 0 Å². The van der Waals surface area contributed by atoms with Gasteiger partial charge < -0.3 is 10.3 Å². The fourth-order valence-corrected chi connectivity index (χ4v) is 0.753. The Hall–Kier alpha value is -1.85. The van der Waals surface area contributed by atoms with Gasteiger partial charge in [-0.05, 0) is 0 Å². The van der Waals surface area contributed by atoms with Crippen LogP contribution >= 0.6 is 0 Å². The summed E-state index contributed by atoms with van der Waals surface area (Å²) in [6.07, 6.45) is 2.79. The van der Waals surface area contributed by atoms with Gasteiger partial charge in [0.05, 0.1) is 5.69 Å². The molecule has 2 aromatic heterocycles. The summed E-state index contributed by atoms with van der Waals surface area (Å²) in [4.78, 5) is 3.78. The number of anilines is 1. The zero-order valence-electron chi connectivity index (χ0n) is 5.48. The first-order valence-electron chi connectivity index (χ1n) is 2.94. The van der Waals surface area contributed by atoms with Crippen LogP contribution in [0.2, 0.25) is 0 Å². The number of hydrogen-bond donors (Lipinski definition) is 2. The fourth-order valence-electron chi connectivity index (χ4n) is 0.753. The highest BCUT2D eigenvalue weighted by Gasteiger charge is 2.08. The predicted molar refractivity (Wildman–Crippen MR) is 36.3 cm³/mol. The minimum absolute atomic E-state index is 0.392. The van der Waals surface area contributed by atoms with Gasteiger partial charge in [0.1, 0.15) is 0 Å². The summed E-state index contributed by atoms with van der Waals surface area (Å²) in [6, 6.07) is 0. The number of aromatic nitrogens is 4. The Morgan fingerprint density at radius 1 is 1.55 bits per heavy atom. The van der Waals surface area contributed by atoms with Crippen LogP contribution in [0.15, 0.2) is 17.1 Å². The molecule has 0 saturated carbocycles. The van der Waals surface area contributed by atoms with E-state index in [-0.39, 0.29) is 0 Å². The van der Waals surface area contributed by atoms with Crippen LogP contribution in [0.1, 0.15) is 0 Å². The average Bonchev–Trinajstić information content (AvgIpc) is 2.55. The van der Waals surface area contributed by atoms with Crippen LogP contribution in [0.4, 0.5) is 5.69 Å². The van der Waals surface area contributed by atoms with Gasteiger partial charge in [0.25, 0.3) is 0 Å². The molecule has 6 nitrogen and oxygen atoms in total. The van der Waals surface area contributed by atoms with Crippen LogP contribution in [0, 0.1) is 0 Å². The number of aromatic amines is 1. The van der Waals surface area contributed by atoms with Crippen LogP contribution < -0.4 is 5.73 Å². The third kappa shape index (κ3) is 0.841. The van der Waals surface area contributed by atoms with Gasteiger partial charge in [-0.1, -0.05) is 5.16 Å². The molecule has 56 valence electrons. The maximum absolute atomic E-state index is 5.52. The molecule has 0 aromatic carbocycles. The van der Waals surface area contributed by atoms with Crippen LogP contribution in [0.5, 0.6) is 0 Å². The molecule has 0 aliphatic carbocycles. The minimum Gasteiger partial charge on any atom is -0.396 e. The Bertz CT molecular complexity index is 337. The topological polar surface area (TPSA) is 93.6 Å². The third-order valence-corrected chi connectivity index (χ3v) is 1.24. The first-order chi connectivity index (χ1) is 5.38. The minimum atomic E-state index is 0.392. The standard InChI is InChI=1S/C5H5N5O/c6-3-1-8-9-4(3)5-7-2-11-10-5/h1-2H,6H2,(H,8,9). The highest BCUT2D eigenvalue weighted by molar-refractivity contribution is 5.65. The van der Waals surface area contributed by atoms with Crippen molar-refractivity contribution in [3.8, 4) is 11.5 Å². The Morgan fingerprint density at radius 3 is 3.00 bits per heavy atom. The van der Waals surface area contributed by atoms with E-state index in [2.05, 4.69) is 24.9 Å². The van der Waals surface area contributed by atoms with Crippen molar-refractivity contribution in [1.29, 1.82) is 0 Å². The average molecular weight is 151 g/mol. The summed E-state index contributed by atoms with van der Waals surface area (Å²) >= 11 is 0. The number of hydrogen-bond acceptors (Lipinski definition) is 5. The number of nitrogens with zero attached hydrogens (tertiary/aromatic N) is 3. The van der Waals surface area contributed by atoms with E-state index in [0.717, 1.165) is 0 Å². The summed E-state index contributed by atoms with van der Waals surface area (Å²) in [7, 11) is 0. The Morgan fingerprint density at radius 2 is 2.45 bits per heavy atom. The maximum Gasteiger partial charge on any atom is 0.224 e. The molecule has 0 fully saturated rings. The second-order valence-electron chi connectivity index (χ2n) is 1.94. The molecule has 0 bridgehead atoms. The zero-order chi connectivity index (χ0) is 7.68. The summed E-state index contributed by atoms with van der Waals surface area (Å²) < 4.78 is 4.52. The molecular formula is C5H5N5O. The van der Waals surface area contributed by atoms with Gasteiger partial charge in [-0.2, -0.15) is 10.1 Å². The largest absolute Gasteiger partial charge is 0.396 e. The lowest BCUT2D eigenvalue weighted by Crippen LogP contribution is -1.87. The molecule has 2 aromatic rings. The quantitative estimate of drug-likeness (QED) is 0.600. The van der Waals surface area contributed by atoms with E-state index in [0.29, 0.717) is 17.2 Å². The number of nitrogen functional groups attached to an aromatic ring is 1. The van der Waals surface area contributed by atoms with E-state index < -0.39 is 0 Å². The van der Waals surface area contributed by atoms with E-state index >= 15 is 0 Å². The van der Waals surface area contributed by atoms with Crippen molar-refractivity contribution >= 4 is 5.69 Å². The van der Waals surface area contributed by atoms with Gasteiger partial charge in [0.15, 0.2) is 5.69 Å². The lowest BCUT2D eigenvalue weighted by atomic mass is 10.4. The molecule has 0 atom stereocenters. The van der Waals surface area contributed by atoms with Crippen LogP contribution in [-0.2, 0) is 0 Å². The van der Waals surface area contributed by atoms with Crippen molar-refractivity contribution in [2.75, 3.05) is 5.73 Å². The zero-order valence-corrected chi connectivity index (χ0v) is 5.48. The second-order valence-corrected chi connectivity index (χ2v) is 1.94. The molecule has 0 radical (unpaired) electrons. The first-order valence-corrected chi connectivity index (χ1v) is 2.94. The lowest BCUT2D eigenvalue weighted by molar-refractivity contribution is 0.418. The smallest absolute Gasteiger partial charge is 0.224 e. The van der Waals surface area contributed by atoms with Crippen molar-refractivity contribution in [2.24, 2.45) is 0 Å². The van der Waals surface area contributed by atoms with Gasteiger partial charge in [0.2, 0.25) is 12.2 Å². The molecule has 11 heavy (non-hydrogen) atoms. The first kappa shape index (κ1) is 5.90. The van der Waals surface area contributed by atoms with Crippen LogP contribution in [0.3, 0.4) is 0 Å². The molecule has 2 heterocycles. The van der Waals surface area contributed by atoms with Gasteiger partial charge in [-0.15, -0.1) is 0 Å². The molecule has 0 amide bonds. The maximum atomic E-state index is 5.52. The van der Waals surface area contributed by atoms with Gasteiger partial charge in [-0.25, -0.2) is 0 Å². The van der Waals surface area contributed by atoms with Crippen molar-refractivity contribution in [1.82, 2.24) is 20.3 Å². The summed E-state index contributed by atoms with van der Waals surface area (Å²) in [5.41, 5.74) is 6.54. The molecule has 0 spiro atoms. The number of rotatable bonds is 1. The fraction of sp³-hybridized carbons (Fsp3) is 0. The third-order valence-electron chi connectivity index (χ3n) is 1.24. The molecule has 3 N–H and O–H groups in total. The predicted octanol–water partition coefficient (Wildman–Crippen LogP) is 0.0419. The summed E-state index contributed by atoms with van der Waals surface area (Å²) in [6.45, 7) is 0. The van der Waals surface area contributed by atoms with Crippen LogP contribution in [0.25, 0.3) is 11.5 Å². The SMILES string of the molecule is Nc1c[nH]nc1-c1ncon1. The van der Waals surface area contributed by atoms with E-state index in [1.165, 1.54) is 6.39 Å². The molecule has 6 heteroatoms. The van der Waals surface area contributed by atoms with Crippen molar-refractivity contribution in [3.63, 3.8) is 0 Å². The van der Waals surface area contributed by atoms with E-state index in [1.54, 1.807) is 6.20 Å². The normalized spacial score (nSPS) is 10.2. The van der Waals surface area contributed by atoms with Gasteiger partial charge in [0, 0.05) is 6.20 Å². The second kappa shape index (κ2) is 2.08. The summed E-state index contributed by atoms with van der Waals surface area (Å²) in [5, 5.41) is 9.98. The summed E-state index contributed by atoms with van der Waals surface area (Å²) in [5.74, 6) is 0.392. The molecule has 0 saturated heterocycles. The van der Waals surface area contributed by atoms with Crippen molar-refractivity contribution in [2.45, 2.75) is 0 Å². The monoisotopic (exact) mass is 151 g/mol. The highest BCUT2D eigenvalue weighted by atomic mass is 16.5. The Kier molecular flexibility index (Phi) is 1.12. The number of nitrogens with two attached hydrogens (primary N) is 1. The Labute approximate surface area is 61.4 Å².